The number of aromatic amines is 1. The third-order valence-corrected chi connectivity index (χ3v) is 4.38. The summed E-state index contributed by atoms with van der Waals surface area (Å²) in [5.74, 6) is 0.787. The quantitative estimate of drug-likeness (QED) is 0.543. The van der Waals surface area contributed by atoms with Crippen molar-refractivity contribution >= 4 is 22.4 Å². The van der Waals surface area contributed by atoms with E-state index in [0.717, 1.165) is 27.9 Å². The molecule has 0 aliphatic rings. The molecule has 4 aromatic rings. The zero-order valence-electron chi connectivity index (χ0n) is 14.7. The van der Waals surface area contributed by atoms with E-state index < -0.39 is 0 Å². The number of aromatic nitrogens is 3. The fourth-order valence-corrected chi connectivity index (χ4v) is 3.13. The second kappa shape index (κ2) is 6.65. The maximum atomic E-state index is 12.7. The third-order valence-electron chi connectivity index (χ3n) is 4.38. The van der Waals surface area contributed by atoms with Crippen molar-refractivity contribution in [1.82, 2.24) is 14.4 Å². The first kappa shape index (κ1) is 16.4. The van der Waals surface area contributed by atoms with E-state index in [1.165, 1.54) is 0 Å². The van der Waals surface area contributed by atoms with Crippen LogP contribution >= 0.6 is 0 Å². The van der Waals surface area contributed by atoms with Gasteiger partial charge in [0.1, 0.15) is 17.2 Å². The summed E-state index contributed by atoms with van der Waals surface area (Å²) in [6.45, 7) is 3.22. The Morgan fingerprint density at radius 2 is 2.12 bits per heavy atom. The maximum absolute atomic E-state index is 12.7. The van der Waals surface area contributed by atoms with Crippen LogP contribution in [-0.2, 0) is 4.74 Å². The topological polar surface area (TPSA) is 71.4 Å². The third kappa shape index (κ3) is 2.84. The lowest BCUT2D eigenvalue weighted by molar-refractivity contribution is 0.210. The Labute approximate surface area is 150 Å². The maximum Gasteiger partial charge on any atom is 0.258 e. The highest BCUT2D eigenvalue weighted by Gasteiger charge is 2.17. The summed E-state index contributed by atoms with van der Waals surface area (Å²) in [6.07, 6.45) is 1.93. The summed E-state index contributed by atoms with van der Waals surface area (Å²) < 4.78 is 7.08. The molecule has 3 heterocycles. The number of hydrogen-bond donors (Lipinski definition) is 2. The van der Waals surface area contributed by atoms with Crippen molar-refractivity contribution in [2.24, 2.45) is 0 Å². The average Bonchev–Trinajstić information content (AvgIpc) is 3.00. The Morgan fingerprint density at radius 3 is 2.96 bits per heavy atom. The predicted molar refractivity (Wildman–Crippen MR) is 104 cm³/mol. The molecule has 0 aliphatic carbocycles. The minimum Gasteiger partial charge on any atom is -0.383 e. The number of pyridine rings is 2. The monoisotopic (exact) mass is 348 g/mol. The summed E-state index contributed by atoms with van der Waals surface area (Å²) in [4.78, 5) is 20.4. The number of fused-ring (bicyclic) bond motifs is 2. The van der Waals surface area contributed by atoms with Crippen molar-refractivity contribution in [3.05, 3.63) is 64.6 Å². The van der Waals surface area contributed by atoms with Crippen LogP contribution in [0.25, 0.3) is 27.8 Å². The molecule has 6 nitrogen and oxygen atoms in total. The van der Waals surface area contributed by atoms with Crippen molar-refractivity contribution in [3.63, 3.8) is 0 Å². The van der Waals surface area contributed by atoms with Gasteiger partial charge in [0.15, 0.2) is 0 Å². The normalized spacial score (nSPS) is 11.3. The molecule has 26 heavy (non-hydrogen) atoms. The summed E-state index contributed by atoms with van der Waals surface area (Å²) in [7, 11) is 1.66. The van der Waals surface area contributed by atoms with Crippen LogP contribution in [0.2, 0.25) is 0 Å². The van der Waals surface area contributed by atoms with Crippen LogP contribution in [0.4, 0.5) is 5.82 Å². The number of aryl methyl sites for hydroxylation is 1. The highest BCUT2D eigenvalue weighted by Crippen LogP contribution is 2.28. The molecule has 0 radical (unpaired) electrons. The van der Waals surface area contributed by atoms with Gasteiger partial charge in [-0.05, 0) is 42.6 Å². The SMILES string of the molecule is COCCNc1c(-c2cc3cc(C)ccc3[nH]c2=O)nc2ccccn12. The number of imidazole rings is 1. The Hall–Kier alpha value is -3.12. The first-order valence-electron chi connectivity index (χ1n) is 8.51. The first-order valence-corrected chi connectivity index (χ1v) is 8.51. The van der Waals surface area contributed by atoms with Gasteiger partial charge in [-0.15, -0.1) is 0 Å². The van der Waals surface area contributed by atoms with E-state index >= 15 is 0 Å². The number of nitrogens with zero attached hydrogens (tertiary/aromatic N) is 2. The van der Waals surface area contributed by atoms with E-state index in [1.807, 2.05) is 53.9 Å². The highest BCUT2D eigenvalue weighted by atomic mass is 16.5. The summed E-state index contributed by atoms with van der Waals surface area (Å²) in [6, 6.07) is 13.7. The average molecular weight is 348 g/mol. The lowest BCUT2D eigenvalue weighted by Crippen LogP contribution is -2.13. The van der Waals surface area contributed by atoms with Crippen LogP contribution in [-0.4, -0.2) is 34.6 Å². The number of benzene rings is 1. The highest BCUT2D eigenvalue weighted by molar-refractivity contribution is 5.86. The molecular formula is C20H20N4O2. The standard InChI is InChI=1S/C20H20N4O2/c1-13-6-7-16-14(11-13)12-15(20(25)22-16)18-19(21-8-10-26-2)24-9-4-3-5-17(24)23-18/h3-7,9,11-12,21H,8,10H2,1-2H3,(H,22,25). The number of H-pyrrole nitrogens is 1. The van der Waals surface area contributed by atoms with Crippen LogP contribution in [0, 0.1) is 6.92 Å². The van der Waals surface area contributed by atoms with Crippen LogP contribution < -0.4 is 10.9 Å². The molecule has 0 amide bonds. The molecule has 0 atom stereocenters. The van der Waals surface area contributed by atoms with E-state index in [1.54, 1.807) is 7.11 Å². The smallest absolute Gasteiger partial charge is 0.258 e. The molecule has 0 fully saturated rings. The van der Waals surface area contributed by atoms with Crippen LogP contribution in [0.3, 0.4) is 0 Å². The van der Waals surface area contributed by atoms with Gasteiger partial charge in [0.25, 0.3) is 5.56 Å². The molecule has 0 saturated heterocycles. The molecule has 0 aliphatic heterocycles. The van der Waals surface area contributed by atoms with E-state index in [9.17, 15) is 4.79 Å². The van der Waals surface area contributed by atoms with Crippen molar-refractivity contribution in [2.45, 2.75) is 6.92 Å². The van der Waals surface area contributed by atoms with E-state index in [-0.39, 0.29) is 5.56 Å². The van der Waals surface area contributed by atoms with E-state index in [0.29, 0.717) is 24.4 Å². The number of anilines is 1. The minimum absolute atomic E-state index is 0.153. The van der Waals surface area contributed by atoms with Crippen LogP contribution in [0.1, 0.15) is 5.56 Å². The summed E-state index contributed by atoms with van der Waals surface area (Å²) >= 11 is 0. The van der Waals surface area contributed by atoms with Gasteiger partial charge >= 0.3 is 0 Å². The number of nitrogens with one attached hydrogen (secondary N) is 2. The summed E-state index contributed by atoms with van der Waals surface area (Å²) in [5, 5.41) is 4.33. The molecule has 0 spiro atoms. The van der Waals surface area contributed by atoms with E-state index in [2.05, 4.69) is 16.4 Å². The molecular weight excluding hydrogens is 328 g/mol. The largest absolute Gasteiger partial charge is 0.383 e. The molecule has 0 saturated carbocycles. The lowest BCUT2D eigenvalue weighted by Gasteiger charge is -2.09. The van der Waals surface area contributed by atoms with Gasteiger partial charge in [0.2, 0.25) is 0 Å². The van der Waals surface area contributed by atoms with Crippen molar-refractivity contribution < 1.29 is 4.74 Å². The van der Waals surface area contributed by atoms with Crippen molar-refractivity contribution in [2.75, 3.05) is 25.6 Å². The number of ether oxygens (including phenoxy) is 1. The number of methoxy groups -OCH3 is 1. The summed E-state index contributed by atoms with van der Waals surface area (Å²) in [5.41, 5.74) is 3.78. The Bertz CT molecular complexity index is 1140. The zero-order chi connectivity index (χ0) is 18.1. The van der Waals surface area contributed by atoms with Crippen LogP contribution in [0.5, 0.6) is 0 Å². The zero-order valence-corrected chi connectivity index (χ0v) is 14.7. The van der Waals surface area contributed by atoms with Gasteiger partial charge in [-0.1, -0.05) is 17.7 Å². The molecule has 0 unspecified atom stereocenters. The van der Waals surface area contributed by atoms with Gasteiger partial charge in [-0.2, -0.15) is 0 Å². The van der Waals surface area contributed by atoms with Crippen molar-refractivity contribution in [3.8, 4) is 11.3 Å². The molecule has 132 valence electrons. The predicted octanol–water partition coefficient (Wildman–Crippen LogP) is 3.21. The molecule has 4 rings (SSSR count). The second-order valence-electron chi connectivity index (χ2n) is 6.26. The Morgan fingerprint density at radius 1 is 1.23 bits per heavy atom. The second-order valence-corrected chi connectivity index (χ2v) is 6.26. The fraction of sp³-hybridized carbons (Fsp3) is 0.200. The van der Waals surface area contributed by atoms with E-state index in [4.69, 9.17) is 9.72 Å². The molecule has 1 aromatic carbocycles. The van der Waals surface area contributed by atoms with Crippen molar-refractivity contribution in [1.29, 1.82) is 0 Å². The Balaban J connectivity index is 1.93. The lowest BCUT2D eigenvalue weighted by atomic mass is 10.1. The number of rotatable bonds is 5. The molecule has 0 bridgehead atoms. The van der Waals surface area contributed by atoms with Gasteiger partial charge in [-0.3, -0.25) is 9.20 Å². The van der Waals surface area contributed by atoms with Gasteiger partial charge in [0, 0.05) is 25.4 Å². The Kier molecular flexibility index (Phi) is 4.18. The van der Waals surface area contributed by atoms with Gasteiger partial charge in [-0.25, -0.2) is 4.98 Å². The molecule has 6 heteroatoms. The molecule has 3 aromatic heterocycles. The fourth-order valence-electron chi connectivity index (χ4n) is 3.13. The van der Waals surface area contributed by atoms with Gasteiger partial charge < -0.3 is 15.0 Å². The number of hydrogen-bond acceptors (Lipinski definition) is 4. The molecule has 2 N–H and O–H groups in total. The first-order chi connectivity index (χ1) is 12.7. The minimum atomic E-state index is -0.153. The van der Waals surface area contributed by atoms with Crippen LogP contribution in [0.15, 0.2) is 53.5 Å². The van der Waals surface area contributed by atoms with Gasteiger partial charge in [0.05, 0.1) is 12.2 Å².